The first-order valence-electron chi connectivity index (χ1n) is 9.75. The Morgan fingerprint density at radius 2 is 1.70 bits per heavy atom. The number of amides is 3. The standard InChI is InChI=1S/C21H31N3O3/c1-5-15(3)22-21(27)19(17-10-12-24(13-11-17)16(4)25)23-20(26)18-8-6-14(2)7-9-18/h6-9,15,17,19H,5,10-13H2,1-4H3,(H,22,27)(H,23,26). The van der Waals surface area contributed by atoms with Gasteiger partial charge in [0.05, 0.1) is 0 Å². The first-order chi connectivity index (χ1) is 12.8. The summed E-state index contributed by atoms with van der Waals surface area (Å²) in [6.45, 7) is 8.73. The third-order valence-electron chi connectivity index (χ3n) is 5.34. The number of benzene rings is 1. The molecule has 0 saturated carbocycles. The van der Waals surface area contributed by atoms with Crippen LogP contribution in [0.4, 0.5) is 0 Å². The number of hydrogen-bond acceptors (Lipinski definition) is 3. The Morgan fingerprint density at radius 1 is 1.11 bits per heavy atom. The van der Waals surface area contributed by atoms with Crippen molar-refractivity contribution in [2.45, 2.75) is 59.0 Å². The van der Waals surface area contributed by atoms with Gasteiger partial charge in [0, 0.05) is 31.6 Å². The van der Waals surface area contributed by atoms with E-state index in [0.29, 0.717) is 31.5 Å². The molecule has 1 aliphatic heterocycles. The number of carbonyl (C=O) groups is 3. The van der Waals surface area contributed by atoms with Gasteiger partial charge in [-0.3, -0.25) is 14.4 Å². The summed E-state index contributed by atoms with van der Waals surface area (Å²) in [5, 5.41) is 5.93. The molecule has 6 heteroatoms. The monoisotopic (exact) mass is 373 g/mol. The molecule has 2 atom stereocenters. The Balaban J connectivity index is 2.12. The van der Waals surface area contributed by atoms with Crippen LogP contribution in [0.3, 0.4) is 0 Å². The summed E-state index contributed by atoms with van der Waals surface area (Å²) in [6, 6.07) is 6.76. The molecule has 1 heterocycles. The predicted octanol–water partition coefficient (Wildman–Crippen LogP) is 2.27. The van der Waals surface area contributed by atoms with Gasteiger partial charge in [0.2, 0.25) is 11.8 Å². The lowest BCUT2D eigenvalue weighted by atomic mass is 9.88. The number of likely N-dealkylation sites (tertiary alicyclic amines) is 1. The van der Waals surface area contributed by atoms with E-state index >= 15 is 0 Å². The maximum Gasteiger partial charge on any atom is 0.251 e. The van der Waals surface area contributed by atoms with Gasteiger partial charge >= 0.3 is 0 Å². The lowest BCUT2D eigenvalue weighted by Crippen LogP contribution is -2.55. The minimum Gasteiger partial charge on any atom is -0.352 e. The van der Waals surface area contributed by atoms with Crippen LogP contribution >= 0.6 is 0 Å². The first kappa shape index (κ1) is 20.9. The van der Waals surface area contributed by atoms with Crippen LogP contribution in [0.5, 0.6) is 0 Å². The zero-order chi connectivity index (χ0) is 20.0. The fourth-order valence-corrected chi connectivity index (χ4v) is 3.31. The van der Waals surface area contributed by atoms with E-state index in [4.69, 9.17) is 0 Å². The van der Waals surface area contributed by atoms with Crippen molar-refractivity contribution in [2.24, 2.45) is 5.92 Å². The highest BCUT2D eigenvalue weighted by Gasteiger charge is 2.33. The molecule has 2 rings (SSSR count). The van der Waals surface area contributed by atoms with Crippen molar-refractivity contribution in [1.29, 1.82) is 0 Å². The lowest BCUT2D eigenvalue weighted by Gasteiger charge is -2.35. The number of carbonyl (C=O) groups excluding carboxylic acids is 3. The Bertz CT molecular complexity index is 664. The average molecular weight is 373 g/mol. The molecule has 0 spiro atoms. The summed E-state index contributed by atoms with van der Waals surface area (Å²) in [5.74, 6) is -0.323. The van der Waals surface area contributed by atoms with E-state index in [9.17, 15) is 14.4 Å². The zero-order valence-electron chi connectivity index (χ0n) is 16.7. The number of nitrogens with one attached hydrogen (secondary N) is 2. The van der Waals surface area contributed by atoms with E-state index in [1.165, 1.54) is 0 Å². The molecule has 0 aromatic heterocycles. The van der Waals surface area contributed by atoms with Gasteiger partial charge in [0.25, 0.3) is 5.91 Å². The minimum absolute atomic E-state index is 0.0130. The Labute approximate surface area is 161 Å². The quantitative estimate of drug-likeness (QED) is 0.803. The van der Waals surface area contributed by atoms with E-state index in [1.807, 2.05) is 32.9 Å². The number of rotatable bonds is 6. The number of hydrogen-bond donors (Lipinski definition) is 2. The minimum atomic E-state index is -0.595. The smallest absolute Gasteiger partial charge is 0.251 e. The molecule has 1 aromatic rings. The highest BCUT2D eigenvalue weighted by molar-refractivity contribution is 5.97. The van der Waals surface area contributed by atoms with Gasteiger partial charge in [-0.05, 0) is 51.2 Å². The van der Waals surface area contributed by atoms with Gasteiger partial charge in [-0.25, -0.2) is 0 Å². The van der Waals surface area contributed by atoms with E-state index in [-0.39, 0.29) is 29.7 Å². The highest BCUT2D eigenvalue weighted by Crippen LogP contribution is 2.22. The van der Waals surface area contributed by atoms with Crippen LogP contribution in [-0.4, -0.2) is 47.8 Å². The molecule has 6 nitrogen and oxygen atoms in total. The van der Waals surface area contributed by atoms with Crippen molar-refractivity contribution in [3.05, 3.63) is 35.4 Å². The Morgan fingerprint density at radius 3 is 2.22 bits per heavy atom. The molecule has 27 heavy (non-hydrogen) atoms. The van der Waals surface area contributed by atoms with Crippen LogP contribution in [0.1, 0.15) is 56.0 Å². The van der Waals surface area contributed by atoms with Crippen molar-refractivity contribution in [2.75, 3.05) is 13.1 Å². The van der Waals surface area contributed by atoms with Crippen molar-refractivity contribution in [1.82, 2.24) is 15.5 Å². The Kier molecular flexibility index (Phi) is 7.39. The molecule has 1 aromatic carbocycles. The summed E-state index contributed by atoms with van der Waals surface area (Å²) in [5.41, 5.74) is 1.62. The maximum absolute atomic E-state index is 12.8. The van der Waals surface area contributed by atoms with E-state index in [1.54, 1.807) is 24.0 Å². The molecule has 148 valence electrons. The molecule has 2 unspecified atom stereocenters. The highest BCUT2D eigenvalue weighted by atomic mass is 16.2. The molecule has 1 fully saturated rings. The second-order valence-corrected chi connectivity index (χ2v) is 7.48. The van der Waals surface area contributed by atoms with Crippen LogP contribution in [0.25, 0.3) is 0 Å². The van der Waals surface area contributed by atoms with Gasteiger partial charge in [-0.2, -0.15) is 0 Å². The van der Waals surface area contributed by atoms with Crippen molar-refractivity contribution in [3.63, 3.8) is 0 Å². The molecule has 1 aliphatic rings. The van der Waals surface area contributed by atoms with Gasteiger partial charge in [0.1, 0.15) is 6.04 Å². The van der Waals surface area contributed by atoms with Crippen LogP contribution < -0.4 is 10.6 Å². The fourth-order valence-electron chi connectivity index (χ4n) is 3.31. The lowest BCUT2D eigenvalue weighted by molar-refractivity contribution is -0.130. The molecular weight excluding hydrogens is 342 g/mol. The predicted molar refractivity (Wildman–Crippen MR) is 105 cm³/mol. The summed E-state index contributed by atoms with van der Waals surface area (Å²) in [4.78, 5) is 38.9. The van der Waals surface area contributed by atoms with E-state index in [2.05, 4.69) is 10.6 Å². The molecule has 0 bridgehead atoms. The average Bonchev–Trinajstić information content (AvgIpc) is 2.66. The van der Waals surface area contributed by atoms with E-state index < -0.39 is 6.04 Å². The summed E-state index contributed by atoms with van der Waals surface area (Å²) in [7, 11) is 0. The van der Waals surface area contributed by atoms with Crippen LogP contribution in [0, 0.1) is 12.8 Å². The normalized spacial score (nSPS) is 17.1. The largest absolute Gasteiger partial charge is 0.352 e. The second-order valence-electron chi connectivity index (χ2n) is 7.48. The topological polar surface area (TPSA) is 78.5 Å². The molecular formula is C21H31N3O3. The van der Waals surface area contributed by atoms with Crippen molar-refractivity contribution < 1.29 is 14.4 Å². The molecule has 3 amide bonds. The third-order valence-corrected chi connectivity index (χ3v) is 5.34. The third kappa shape index (κ3) is 5.81. The molecule has 1 saturated heterocycles. The SMILES string of the molecule is CCC(C)NC(=O)C(NC(=O)c1ccc(C)cc1)C1CCN(C(C)=O)CC1. The van der Waals surface area contributed by atoms with Gasteiger partial charge in [0.15, 0.2) is 0 Å². The van der Waals surface area contributed by atoms with Crippen molar-refractivity contribution in [3.8, 4) is 0 Å². The van der Waals surface area contributed by atoms with Crippen LogP contribution in [0.15, 0.2) is 24.3 Å². The van der Waals surface area contributed by atoms with Gasteiger partial charge in [-0.15, -0.1) is 0 Å². The fraction of sp³-hybridized carbons (Fsp3) is 0.571. The van der Waals surface area contributed by atoms with Crippen LogP contribution in [-0.2, 0) is 9.59 Å². The summed E-state index contributed by atoms with van der Waals surface area (Å²) < 4.78 is 0. The molecule has 0 radical (unpaired) electrons. The maximum atomic E-state index is 12.8. The summed E-state index contributed by atoms with van der Waals surface area (Å²) in [6.07, 6.45) is 2.23. The van der Waals surface area contributed by atoms with Gasteiger partial charge < -0.3 is 15.5 Å². The number of nitrogens with zero attached hydrogens (tertiary/aromatic N) is 1. The van der Waals surface area contributed by atoms with Gasteiger partial charge in [-0.1, -0.05) is 24.6 Å². The molecule has 0 aliphatic carbocycles. The second kappa shape index (κ2) is 9.53. The van der Waals surface area contributed by atoms with E-state index in [0.717, 1.165) is 12.0 Å². The summed E-state index contributed by atoms with van der Waals surface area (Å²) >= 11 is 0. The number of aryl methyl sites for hydroxylation is 1. The first-order valence-corrected chi connectivity index (χ1v) is 9.75. The Hall–Kier alpha value is -2.37. The van der Waals surface area contributed by atoms with Crippen LogP contribution in [0.2, 0.25) is 0 Å². The van der Waals surface area contributed by atoms with Crippen molar-refractivity contribution >= 4 is 17.7 Å². The molecule has 2 N–H and O–H groups in total. The zero-order valence-corrected chi connectivity index (χ0v) is 16.7. The number of piperidine rings is 1.